The molecule has 0 aliphatic rings. The molecule has 7 heteroatoms. The largest absolute Gasteiger partial charge is 1.00 e. The van der Waals surface area contributed by atoms with Crippen LogP contribution in [0.25, 0.3) is 0 Å². The van der Waals surface area contributed by atoms with Gasteiger partial charge in [-0.25, -0.2) is 8.42 Å². The van der Waals surface area contributed by atoms with Gasteiger partial charge in [-0.05, 0) is 24.6 Å². The van der Waals surface area contributed by atoms with E-state index in [0.29, 0.717) is 10.6 Å². The van der Waals surface area contributed by atoms with Gasteiger partial charge in [-0.3, -0.25) is 4.72 Å². The summed E-state index contributed by atoms with van der Waals surface area (Å²) in [5, 5.41) is 0.411. The van der Waals surface area contributed by atoms with Crippen molar-refractivity contribution in [2.24, 2.45) is 0 Å². The molecule has 0 amide bonds. The van der Waals surface area contributed by atoms with Crippen LogP contribution in [0, 0.1) is 6.92 Å². The fraction of sp³-hybridized carbons (Fsp3) is 0.143. The van der Waals surface area contributed by atoms with E-state index in [1.165, 1.54) is 6.07 Å². The third-order valence-electron chi connectivity index (χ3n) is 1.50. The molecule has 0 spiro atoms. The maximum Gasteiger partial charge on any atom is 1.00 e. The second-order valence-corrected chi connectivity index (χ2v) is 3.99. The van der Waals surface area contributed by atoms with Crippen molar-refractivity contribution in [2.45, 2.75) is 6.92 Å². The number of anilines is 1. The quantitative estimate of drug-likeness (QED) is 0.509. The van der Waals surface area contributed by atoms with Crippen molar-refractivity contribution in [3.05, 3.63) is 28.8 Å². The zero-order chi connectivity index (χ0) is 10.1. The zero-order valence-corrected chi connectivity index (χ0v) is 11.3. The predicted octanol–water partition coefficient (Wildman–Crippen LogP) is -1.48. The number of benzene rings is 1. The first kappa shape index (κ1) is 14.2. The Morgan fingerprint density at radius 3 is 2.50 bits per heavy atom. The molecule has 0 saturated heterocycles. The SMILES string of the molecule is Cc1c(Cl)cccc1NS(=O)(=O)[O-].[Na+]. The maximum absolute atomic E-state index is 10.4. The second kappa shape index (κ2) is 5.34. The summed E-state index contributed by atoms with van der Waals surface area (Å²) in [6.45, 7) is 1.62. The van der Waals surface area contributed by atoms with Gasteiger partial charge in [-0.15, -0.1) is 0 Å². The van der Waals surface area contributed by atoms with Gasteiger partial charge in [0.15, 0.2) is 10.3 Å². The van der Waals surface area contributed by atoms with E-state index in [0.717, 1.165) is 0 Å². The van der Waals surface area contributed by atoms with Crippen LogP contribution in [-0.4, -0.2) is 13.0 Å². The van der Waals surface area contributed by atoms with Crippen molar-refractivity contribution < 1.29 is 42.5 Å². The molecule has 1 N–H and O–H groups in total. The molecule has 4 nitrogen and oxygen atoms in total. The molecule has 0 heterocycles. The van der Waals surface area contributed by atoms with Crippen LogP contribution in [0.2, 0.25) is 5.02 Å². The molecule has 0 unspecified atom stereocenters. The van der Waals surface area contributed by atoms with Gasteiger partial charge >= 0.3 is 29.6 Å². The molecule has 0 bridgehead atoms. The fourth-order valence-corrected chi connectivity index (χ4v) is 1.52. The van der Waals surface area contributed by atoms with E-state index < -0.39 is 10.3 Å². The summed E-state index contributed by atoms with van der Waals surface area (Å²) in [6, 6.07) is 4.64. The molecule has 0 saturated carbocycles. The number of hydrogen-bond acceptors (Lipinski definition) is 3. The minimum absolute atomic E-state index is 0. The van der Waals surface area contributed by atoms with Crippen LogP contribution < -0.4 is 34.3 Å². The second-order valence-electron chi connectivity index (χ2n) is 2.47. The molecule has 14 heavy (non-hydrogen) atoms. The standard InChI is InChI=1S/C7H8ClNO3S.Na/c1-5-6(8)3-2-4-7(5)9-13(10,11)12;/h2-4,9H,1H3,(H,10,11,12);/q;+1/p-1. The summed E-state index contributed by atoms with van der Waals surface area (Å²) in [7, 11) is -4.48. The monoisotopic (exact) mass is 243 g/mol. The van der Waals surface area contributed by atoms with Gasteiger partial charge < -0.3 is 4.55 Å². The Balaban J connectivity index is 0.00000169. The van der Waals surface area contributed by atoms with Crippen molar-refractivity contribution >= 4 is 27.6 Å². The molecule has 0 aliphatic heterocycles. The number of hydrogen-bond donors (Lipinski definition) is 1. The third kappa shape index (κ3) is 4.16. The van der Waals surface area contributed by atoms with Crippen molar-refractivity contribution in [3.8, 4) is 0 Å². The fourth-order valence-electron chi connectivity index (χ4n) is 0.853. The molecule has 1 rings (SSSR count). The van der Waals surface area contributed by atoms with E-state index in [4.69, 9.17) is 11.6 Å². The van der Waals surface area contributed by atoms with Gasteiger partial charge in [-0.1, -0.05) is 17.7 Å². The van der Waals surface area contributed by atoms with Crippen LogP contribution in [0.5, 0.6) is 0 Å². The van der Waals surface area contributed by atoms with Crippen molar-refractivity contribution in [1.82, 2.24) is 0 Å². The summed E-state index contributed by atoms with van der Waals surface area (Å²) in [6.07, 6.45) is 0. The number of halogens is 1. The maximum atomic E-state index is 10.4. The van der Waals surface area contributed by atoms with E-state index >= 15 is 0 Å². The number of nitrogens with one attached hydrogen (secondary N) is 1. The molecule has 0 radical (unpaired) electrons. The van der Waals surface area contributed by atoms with Gasteiger partial charge in [0.25, 0.3) is 0 Å². The van der Waals surface area contributed by atoms with Crippen LogP contribution in [0.4, 0.5) is 5.69 Å². The Hall–Kier alpha value is 0.220. The van der Waals surface area contributed by atoms with E-state index in [2.05, 4.69) is 0 Å². The van der Waals surface area contributed by atoms with E-state index in [-0.39, 0.29) is 35.2 Å². The van der Waals surface area contributed by atoms with Crippen molar-refractivity contribution in [2.75, 3.05) is 4.72 Å². The minimum atomic E-state index is -4.48. The third-order valence-corrected chi connectivity index (χ3v) is 2.38. The van der Waals surface area contributed by atoms with Gasteiger partial charge in [0, 0.05) is 5.02 Å². The van der Waals surface area contributed by atoms with Crippen LogP contribution in [0.3, 0.4) is 0 Å². The molecule has 72 valence electrons. The Bertz CT molecular complexity index is 421. The summed E-state index contributed by atoms with van der Waals surface area (Å²) in [5.74, 6) is 0. The summed E-state index contributed by atoms with van der Waals surface area (Å²) in [5.41, 5.74) is 0.742. The van der Waals surface area contributed by atoms with E-state index in [9.17, 15) is 13.0 Å². The topological polar surface area (TPSA) is 69.2 Å². The minimum Gasteiger partial charge on any atom is -0.731 e. The van der Waals surface area contributed by atoms with E-state index in [1.807, 2.05) is 4.72 Å². The van der Waals surface area contributed by atoms with Crippen LogP contribution >= 0.6 is 11.6 Å². The molecule has 1 aromatic rings. The molecular formula is C7H7ClNNaO3S. The smallest absolute Gasteiger partial charge is 0.731 e. The van der Waals surface area contributed by atoms with Crippen LogP contribution in [0.1, 0.15) is 5.56 Å². The Labute approximate surface area is 110 Å². The molecule has 0 fully saturated rings. The molecule has 0 atom stereocenters. The van der Waals surface area contributed by atoms with Gasteiger partial charge in [0.2, 0.25) is 0 Å². The first-order chi connectivity index (χ1) is 5.90. The molecule has 0 aromatic heterocycles. The first-order valence-corrected chi connectivity index (χ1v) is 5.17. The molecular weight excluding hydrogens is 237 g/mol. The Morgan fingerprint density at radius 2 is 2.00 bits per heavy atom. The average Bonchev–Trinajstić information content (AvgIpc) is 1.96. The van der Waals surface area contributed by atoms with E-state index in [1.54, 1.807) is 19.1 Å². The van der Waals surface area contributed by atoms with Gasteiger partial charge in [0.05, 0.1) is 5.69 Å². The first-order valence-electron chi connectivity index (χ1n) is 3.39. The summed E-state index contributed by atoms with van der Waals surface area (Å²) in [4.78, 5) is 0. The average molecular weight is 244 g/mol. The molecule has 0 aliphatic carbocycles. The van der Waals surface area contributed by atoms with Gasteiger partial charge in [-0.2, -0.15) is 0 Å². The zero-order valence-electron chi connectivity index (χ0n) is 7.74. The molecule has 1 aromatic carbocycles. The van der Waals surface area contributed by atoms with Gasteiger partial charge in [0.1, 0.15) is 0 Å². The Morgan fingerprint density at radius 1 is 1.43 bits per heavy atom. The number of rotatable bonds is 2. The van der Waals surface area contributed by atoms with Crippen molar-refractivity contribution in [3.63, 3.8) is 0 Å². The van der Waals surface area contributed by atoms with Crippen LogP contribution in [-0.2, 0) is 10.3 Å². The Kier molecular flexibility index (Phi) is 5.43. The van der Waals surface area contributed by atoms with Crippen molar-refractivity contribution in [1.29, 1.82) is 0 Å². The summed E-state index contributed by atoms with van der Waals surface area (Å²) < 4.78 is 32.9. The predicted molar refractivity (Wildman–Crippen MR) is 49.5 cm³/mol. The van der Waals surface area contributed by atoms with Crippen LogP contribution in [0.15, 0.2) is 18.2 Å². The normalized spacial score (nSPS) is 10.5. The summed E-state index contributed by atoms with van der Waals surface area (Å²) >= 11 is 5.71.